The maximum Gasteiger partial charge on any atom is 0.128 e. The van der Waals surface area contributed by atoms with Crippen LogP contribution in [0.4, 0.5) is 5.82 Å². The van der Waals surface area contributed by atoms with E-state index in [1.165, 1.54) is 18.4 Å². The van der Waals surface area contributed by atoms with Gasteiger partial charge in [-0.25, -0.2) is 4.98 Å². The lowest BCUT2D eigenvalue weighted by atomic mass is 10.2. The Hall–Kier alpha value is -1.09. The molecule has 0 atom stereocenters. The Labute approximate surface area is 91.5 Å². The largest absolute Gasteiger partial charge is 0.357 e. The highest BCUT2D eigenvalue weighted by Gasteiger charge is 2.26. The van der Waals surface area contributed by atoms with Crippen LogP contribution in [-0.2, 0) is 6.54 Å². The summed E-state index contributed by atoms with van der Waals surface area (Å²) in [4.78, 5) is 6.75. The van der Waals surface area contributed by atoms with E-state index in [9.17, 15) is 0 Å². The number of anilines is 1. The average molecular weight is 205 g/mol. The Kier molecular flexibility index (Phi) is 3.21. The maximum absolute atomic E-state index is 4.48. The smallest absolute Gasteiger partial charge is 0.128 e. The molecule has 1 aromatic heterocycles. The molecule has 0 aromatic carbocycles. The zero-order chi connectivity index (χ0) is 10.7. The van der Waals surface area contributed by atoms with Crippen molar-refractivity contribution in [2.45, 2.75) is 32.4 Å². The van der Waals surface area contributed by atoms with Crippen molar-refractivity contribution >= 4 is 5.82 Å². The number of rotatable bonds is 5. The fourth-order valence-electron chi connectivity index (χ4n) is 1.65. The molecule has 0 saturated heterocycles. The summed E-state index contributed by atoms with van der Waals surface area (Å²) < 4.78 is 0. The van der Waals surface area contributed by atoms with E-state index in [4.69, 9.17) is 0 Å². The fourth-order valence-corrected chi connectivity index (χ4v) is 1.65. The van der Waals surface area contributed by atoms with Crippen molar-refractivity contribution in [3.05, 3.63) is 23.9 Å². The molecule has 1 heterocycles. The van der Waals surface area contributed by atoms with Crippen molar-refractivity contribution in [3.63, 3.8) is 0 Å². The number of nitrogens with zero attached hydrogens (tertiary/aromatic N) is 2. The summed E-state index contributed by atoms with van der Waals surface area (Å²) in [6.45, 7) is 4.03. The van der Waals surface area contributed by atoms with Gasteiger partial charge in [0.05, 0.1) is 0 Å². The molecule has 1 aromatic rings. The van der Waals surface area contributed by atoms with Crippen molar-refractivity contribution in [1.29, 1.82) is 0 Å². The zero-order valence-corrected chi connectivity index (χ0v) is 9.53. The molecule has 1 aliphatic rings. The van der Waals surface area contributed by atoms with Gasteiger partial charge in [-0.05, 0) is 31.0 Å². The molecule has 1 fully saturated rings. The molecule has 15 heavy (non-hydrogen) atoms. The van der Waals surface area contributed by atoms with Crippen molar-refractivity contribution in [3.8, 4) is 0 Å². The van der Waals surface area contributed by atoms with Crippen LogP contribution in [0.2, 0.25) is 0 Å². The molecular formula is C12H19N3. The third-order valence-corrected chi connectivity index (χ3v) is 2.84. The third-order valence-electron chi connectivity index (χ3n) is 2.84. The van der Waals surface area contributed by atoms with Crippen molar-refractivity contribution in [1.82, 2.24) is 10.3 Å². The van der Waals surface area contributed by atoms with Gasteiger partial charge in [0.2, 0.25) is 0 Å². The van der Waals surface area contributed by atoms with Gasteiger partial charge in [0.25, 0.3) is 0 Å². The summed E-state index contributed by atoms with van der Waals surface area (Å²) in [5, 5.41) is 3.29. The summed E-state index contributed by atoms with van der Waals surface area (Å²) in [5.74, 6) is 1.10. The lowest BCUT2D eigenvalue weighted by Crippen LogP contribution is -2.20. The molecule has 0 amide bonds. The summed E-state index contributed by atoms with van der Waals surface area (Å²) >= 11 is 0. The number of aromatic nitrogens is 1. The lowest BCUT2D eigenvalue weighted by Gasteiger charge is -2.17. The maximum atomic E-state index is 4.48. The summed E-state index contributed by atoms with van der Waals surface area (Å²) in [6, 6.07) is 5.01. The lowest BCUT2D eigenvalue weighted by molar-refractivity contribution is 0.724. The first kappa shape index (κ1) is 10.4. The van der Waals surface area contributed by atoms with E-state index in [-0.39, 0.29) is 0 Å². The average Bonchev–Trinajstić information content (AvgIpc) is 3.10. The topological polar surface area (TPSA) is 28.2 Å². The molecule has 0 bridgehead atoms. The Bertz CT molecular complexity index is 303. The predicted octanol–water partition coefficient (Wildman–Crippen LogP) is 1.79. The van der Waals surface area contributed by atoms with Crippen LogP contribution in [0, 0.1) is 0 Å². The minimum absolute atomic E-state index is 0.733. The van der Waals surface area contributed by atoms with Gasteiger partial charge in [-0.2, -0.15) is 0 Å². The first-order valence-corrected chi connectivity index (χ1v) is 5.69. The molecule has 0 spiro atoms. The fraction of sp³-hybridized carbons (Fsp3) is 0.583. The monoisotopic (exact) mass is 205 g/mol. The van der Waals surface area contributed by atoms with E-state index in [2.05, 4.69) is 41.3 Å². The number of pyridine rings is 1. The van der Waals surface area contributed by atoms with Gasteiger partial charge in [0, 0.05) is 25.8 Å². The molecule has 82 valence electrons. The van der Waals surface area contributed by atoms with E-state index in [0.717, 1.165) is 24.9 Å². The summed E-state index contributed by atoms with van der Waals surface area (Å²) in [6.07, 6.45) is 4.60. The molecule has 1 saturated carbocycles. The van der Waals surface area contributed by atoms with Crippen LogP contribution in [-0.4, -0.2) is 24.6 Å². The van der Waals surface area contributed by atoms with E-state index in [0.29, 0.717) is 0 Å². The zero-order valence-electron chi connectivity index (χ0n) is 9.53. The Morgan fingerprint density at radius 3 is 2.80 bits per heavy atom. The summed E-state index contributed by atoms with van der Waals surface area (Å²) in [5.41, 5.74) is 1.25. The van der Waals surface area contributed by atoms with Gasteiger partial charge in [-0.15, -0.1) is 0 Å². The van der Waals surface area contributed by atoms with Gasteiger partial charge in [-0.3, -0.25) is 0 Å². The quantitative estimate of drug-likeness (QED) is 0.794. The van der Waals surface area contributed by atoms with E-state index >= 15 is 0 Å². The second-order valence-electron chi connectivity index (χ2n) is 4.15. The minimum atomic E-state index is 0.733. The molecular weight excluding hydrogens is 186 g/mol. The molecule has 3 nitrogen and oxygen atoms in total. The predicted molar refractivity (Wildman–Crippen MR) is 63.0 cm³/mol. The number of nitrogens with one attached hydrogen (secondary N) is 1. The second kappa shape index (κ2) is 4.62. The van der Waals surface area contributed by atoms with Gasteiger partial charge >= 0.3 is 0 Å². The highest BCUT2D eigenvalue weighted by molar-refractivity contribution is 5.41. The van der Waals surface area contributed by atoms with Crippen molar-refractivity contribution in [2.24, 2.45) is 0 Å². The first-order chi connectivity index (χ1) is 7.31. The van der Waals surface area contributed by atoms with Gasteiger partial charge in [0.1, 0.15) is 5.82 Å². The van der Waals surface area contributed by atoms with Crippen molar-refractivity contribution in [2.75, 3.05) is 18.5 Å². The third kappa shape index (κ3) is 2.69. The van der Waals surface area contributed by atoms with Crippen LogP contribution in [0.5, 0.6) is 0 Å². The Morgan fingerprint density at radius 2 is 2.27 bits per heavy atom. The van der Waals surface area contributed by atoms with Crippen LogP contribution in [0.25, 0.3) is 0 Å². The SMILES string of the molecule is CCNCc1ccc(N(C)C2CC2)nc1. The molecule has 2 rings (SSSR count). The van der Waals surface area contributed by atoms with Crippen molar-refractivity contribution < 1.29 is 0 Å². The van der Waals surface area contributed by atoms with Crippen LogP contribution in [0.3, 0.4) is 0 Å². The molecule has 0 unspecified atom stereocenters. The minimum Gasteiger partial charge on any atom is -0.357 e. The molecule has 1 aliphatic carbocycles. The van der Waals surface area contributed by atoms with Gasteiger partial charge in [-0.1, -0.05) is 13.0 Å². The normalized spacial score (nSPS) is 15.3. The Morgan fingerprint density at radius 1 is 1.47 bits per heavy atom. The Balaban J connectivity index is 1.96. The molecule has 0 radical (unpaired) electrons. The number of hydrogen-bond acceptors (Lipinski definition) is 3. The molecule has 0 aliphatic heterocycles. The molecule has 1 N–H and O–H groups in total. The van der Waals surface area contributed by atoms with E-state index < -0.39 is 0 Å². The van der Waals surface area contributed by atoms with E-state index in [1.807, 2.05) is 6.20 Å². The highest BCUT2D eigenvalue weighted by Crippen LogP contribution is 2.28. The van der Waals surface area contributed by atoms with Crippen LogP contribution >= 0.6 is 0 Å². The highest BCUT2D eigenvalue weighted by atomic mass is 15.2. The van der Waals surface area contributed by atoms with Gasteiger partial charge < -0.3 is 10.2 Å². The number of hydrogen-bond donors (Lipinski definition) is 1. The van der Waals surface area contributed by atoms with Crippen LogP contribution in [0.15, 0.2) is 18.3 Å². The standard InChI is InChI=1S/C12H19N3/c1-3-13-8-10-4-7-12(14-9-10)15(2)11-5-6-11/h4,7,9,11,13H,3,5-6,8H2,1-2H3. The molecule has 3 heteroatoms. The summed E-state index contributed by atoms with van der Waals surface area (Å²) in [7, 11) is 2.13. The second-order valence-corrected chi connectivity index (χ2v) is 4.15. The first-order valence-electron chi connectivity index (χ1n) is 5.69. The van der Waals surface area contributed by atoms with Crippen LogP contribution < -0.4 is 10.2 Å². The van der Waals surface area contributed by atoms with E-state index in [1.54, 1.807) is 0 Å². The van der Waals surface area contributed by atoms with Crippen LogP contribution in [0.1, 0.15) is 25.3 Å². The van der Waals surface area contributed by atoms with Gasteiger partial charge in [0.15, 0.2) is 0 Å².